The van der Waals surface area contributed by atoms with E-state index in [0.29, 0.717) is 0 Å². The summed E-state index contributed by atoms with van der Waals surface area (Å²) in [4.78, 5) is 16.1. The van der Waals surface area contributed by atoms with Crippen molar-refractivity contribution in [3.05, 3.63) is 33.6 Å². The van der Waals surface area contributed by atoms with Gasteiger partial charge in [0.05, 0.1) is 11.4 Å². The molecule has 0 atom stereocenters. The number of benzene rings is 1. The smallest absolute Gasteiger partial charge is 0.313 e. The van der Waals surface area contributed by atoms with Gasteiger partial charge in [-0.3, -0.25) is 4.79 Å². The van der Waals surface area contributed by atoms with E-state index in [9.17, 15) is 4.79 Å². The first-order valence-corrected chi connectivity index (χ1v) is 7.73. The maximum Gasteiger partial charge on any atom is 0.313 e. The Hall–Kier alpha value is -0.850. The molecule has 1 N–H and O–H groups in total. The maximum atomic E-state index is 10.5. The number of carboxylic acid groups (broad SMARTS) is 1. The van der Waals surface area contributed by atoms with Gasteiger partial charge < -0.3 is 5.11 Å². The van der Waals surface area contributed by atoms with Gasteiger partial charge in [-0.15, -0.1) is 11.3 Å². The van der Waals surface area contributed by atoms with E-state index < -0.39 is 5.97 Å². The number of rotatable bonds is 4. The Balaban J connectivity index is 2.23. The molecule has 0 spiro atoms. The third-order valence-corrected chi connectivity index (χ3v) is 4.84. The van der Waals surface area contributed by atoms with Crippen LogP contribution >= 0.6 is 39.0 Å². The minimum absolute atomic E-state index is 0.0483. The van der Waals surface area contributed by atoms with E-state index in [2.05, 4.69) is 20.9 Å². The number of thiazole rings is 1. The standard InChI is InChI=1S/C12H10BrNO2S2/c1-7-11(8-2-4-9(13)5-3-8)14-12(18-7)17-6-10(15)16/h2-5H,6H2,1H3,(H,15,16). The lowest BCUT2D eigenvalue weighted by Gasteiger charge is -1.98. The molecule has 18 heavy (non-hydrogen) atoms. The number of halogens is 1. The van der Waals surface area contributed by atoms with E-state index >= 15 is 0 Å². The van der Waals surface area contributed by atoms with Gasteiger partial charge in [-0.25, -0.2) is 4.98 Å². The normalized spacial score (nSPS) is 10.6. The molecule has 0 saturated heterocycles. The Morgan fingerprint density at radius 2 is 2.11 bits per heavy atom. The molecule has 94 valence electrons. The number of thioether (sulfide) groups is 1. The fourth-order valence-corrected chi connectivity index (χ4v) is 3.55. The Labute approximate surface area is 121 Å². The van der Waals surface area contributed by atoms with E-state index in [0.717, 1.165) is 24.9 Å². The number of carbonyl (C=O) groups is 1. The van der Waals surface area contributed by atoms with E-state index in [1.54, 1.807) is 0 Å². The first-order chi connectivity index (χ1) is 8.56. The van der Waals surface area contributed by atoms with Crippen LogP contribution in [-0.4, -0.2) is 21.8 Å². The van der Waals surface area contributed by atoms with Crippen molar-refractivity contribution in [2.45, 2.75) is 11.3 Å². The fourth-order valence-electron chi connectivity index (χ4n) is 1.43. The number of aromatic nitrogens is 1. The summed E-state index contributed by atoms with van der Waals surface area (Å²) < 4.78 is 1.83. The summed E-state index contributed by atoms with van der Waals surface area (Å²) in [6, 6.07) is 7.94. The van der Waals surface area contributed by atoms with Crippen LogP contribution in [-0.2, 0) is 4.79 Å². The van der Waals surface area contributed by atoms with Gasteiger partial charge in [-0.05, 0) is 19.1 Å². The van der Waals surface area contributed by atoms with Crippen molar-refractivity contribution in [1.29, 1.82) is 0 Å². The van der Waals surface area contributed by atoms with E-state index in [4.69, 9.17) is 5.11 Å². The molecule has 1 aromatic heterocycles. The molecule has 0 bridgehead atoms. The van der Waals surface area contributed by atoms with Gasteiger partial charge >= 0.3 is 5.97 Å². The molecule has 1 aromatic carbocycles. The van der Waals surface area contributed by atoms with Crippen LogP contribution < -0.4 is 0 Å². The van der Waals surface area contributed by atoms with E-state index in [-0.39, 0.29) is 5.75 Å². The summed E-state index contributed by atoms with van der Waals surface area (Å²) in [6.07, 6.45) is 0. The molecular formula is C12H10BrNO2S2. The Morgan fingerprint density at radius 1 is 1.44 bits per heavy atom. The Morgan fingerprint density at radius 3 is 2.72 bits per heavy atom. The Bertz CT molecular complexity index is 566. The third kappa shape index (κ3) is 3.34. The van der Waals surface area contributed by atoms with Crippen molar-refractivity contribution < 1.29 is 9.90 Å². The quantitative estimate of drug-likeness (QED) is 0.850. The van der Waals surface area contributed by atoms with E-state index in [1.807, 2.05) is 31.2 Å². The van der Waals surface area contributed by atoms with Crippen LogP contribution in [0.3, 0.4) is 0 Å². The molecule has 6 heteroatoms. The highest BCUT2D eigenvalue weighted by molar-refractivity contribution is 9.10. The van der Waals surface area contributed by atoms with Crippen molar-refractivity contribution >= 4 is 45.0 Å². The number of hydrogen-bond acceptors (Lipinski definition) is 4. The molecule has 3 nitrogen and oxygen atoms in total. The minimum atomic E-state index is -0.821. The van der Waals surface area contributed by atoms with Crippen LogP contribution in [0.25, 0.3) is 11.3 Å². The molecule has 0 aliphatic rings. The van der Waals surface area contributed by atoms with Gasteiger partial charge in [0.2, 0.25) is 0 Å². The molecule has 0 aliphatic carbocycles. The van der Waals surface area contributed by atoms with Crippen LogP contribution in [0, 0.1) is 6.92 Å². The molecule has 0 fully saturated rings. The number of carboxylic acids is 1. The fraction of sp³-hybridized carbons (Fsp3) is 0.167. The molecule has 0 amide bonds. The van der Waals surface area contributed by atoms with Gasteiger partial charge in [0.15, 0.2) is 4.34 Å². The predicted molar refractivity (Wildman–Crippen MR) is 78.3 cm³/mol. The zero-order valence-corrected chi connectivity index (χ0v) is 12.7. The summed E-state index contributed by atoms with van der Waals surface area (Å²) in [5.41, 5.74) is 1.98. The van der Waals surface area contributed by atoms with Gasteiger partial charge in [-0.1, -0.05) is 39.8 Å². The van der Waals surface area contributed by atoms with Crippen molar-refractivity contribution in [3.8, 4) is 11.3 Å². The number of aliphatic carboxylic acids is 1. The number of hydrogen-bond donors (Lipinski definition) is 1. The zero-order chi connectivity index (χ0) is 13.1. The van der Waals surface area contributed by atoms with Gasteiger partial charge in [0.1, 0.15) is 0 Å². The minimum Gasteiger partial charge on any atom is -0.481 e. The van der Waals surface area contributed by atoms with Crippen LogP contribution in [0.4, 0.5) is 0 Å². The monoisotopic (exact) mass is 343 g/mol. The lowest BCUT2D eigenvalue weighted by Crippen LogP contribution is -1.96. The highest BCUT2D eigenvalue weighted by Gasteiger charge is 2.11. The lowest BCUT2D eigenvalue weighted by atomic mass is 10.1. The molecule has 2 rings (SSSR count). The number of nitrogens with zero attached hydrogens (tertiary/aromatic N) is 1. The van der Waals surface area contributed by atoms with Gasteiger partial charge in [0, 0.05) is 14.9 Å². The molecule has 1 heterocycles. The highest BCUT2D eigenvalue weighted by atomic mass is 79.9. The number of aryl methyl sites for hydroxylation is 1. The maximum absolute atomic E-state index is 10.5. The van der Waals surface area contributed by atoms with Crippen LogP contribution in [0.2, 0.25) is 0 Å². The molecule has 0 unspecified atom stereocenters. The second kappa shape index (κ2) is 5.86. The van der Waals surface area contributed by atoms with E-state index in [1.165, 1.54) is 23.1 Å². The second-order valence-corrected chi connectivity index (χ2v) is 6.92. The summed E-state index contributed by atoms with van der Waals surface area (Å²) in [6.45, 7) is 2.00. The average molecular weight is 344 g/mol. The molecule has 0 saturated carbocycles. The zero-order valence-electron chi connectivity index (χ0n) is 9.51. The summed E-state index contributed by atoms with van der Waals surface area (Å²) in [5.74, 6) is -0.773. The molecular weight excluding hydrogens is 334 g/mol. The topological polar surface area (TPSA) is 50.2 Å². The lowest BCUT2D eigenvalue weighted by molar-refractivity contribution is -0.133. The SMILES string of the molecule is Cc1sc(SCC(=O)O)nc1-c1ccc(Br)cc1. The Kier molecular flexibility index (Phi) is 4.42. The van der Waals surface area contributed by atoms with Crippen LogP contribution in [0.1, 0.15) is 4.88 Å². The molecule has 0 aliphatic heterocycles. The summed E-state index contributed by atoms with van der Waals surface area (Å²) in [7, 11) is 0. The molecule has 2 aromatic rings. The van der Waals surface area contributed by atoms with Crippen molar-refractivity contribution in [1.82, 2.24) is 4.98 Å². The predicted octanol–water partition coefficient (Wildman–Crippen LogP) is 4.06. The summed E-state index contributed by atoms with van der Waals surface area (Å²) >= 11 is 6.19. The molecule has 0 radical (unpaired) electrons. The highest BCUT2D eigenvalue weighted by Crippen LogP contribution is 2.33. The van der Waals surface area contributed by atoms with Crippen molar-refractivity contribution in [2.75, 3.05) is 5.75 Å². The first kappa shape index (κ1) is 13.6. The third-order valence-electron chi connectivity index (χ3n) is 2.21. The first-order valence-electron chi connectivity index (χ1n) is 5.14. The average Bonchev–Trinajstić information content (AvgIpc) is 2.69. The van der Waals surface area contributed by atoms with Gasteiger partial charge in [0.25, 0.3) is 0 Å². The van der Waals surface area contributed by atoms with Crippen LogP contribution in [0.15, 0.2) is 33.1 Å². The van der Waals surface area contributed by atoms with Crippen LogP contribution in [0.5, 0.6) is 0 Å². The van der Waals surface area contributed by atoms with Crippen molar-refractivity contribution in [2.24, 2.45) is 0 Å². The summed E-state index contributed by atoms with van der Waals surface area (Å²) in [5, 5.41) is 8.65. The van der Waals surface area contributed by atoms with Gasteiger partial charge in [-0.2, -0.15) is 0 Å². The second-order valence-electron chi connectivity index (χ2n) is 3.57. The largest absolute Gasteiger partial charge is 0.481 e. The van der Waals surface area contributed by atoms with Crippen molar-refractivity contribution in [3.63, 3.8) is 0 Å².